The Hall–Kier alpha value is -1.01. The number of hydrogen-bond donors (Lipinski definition) is 0. The zero-order chi connectivity index (χ0) is 9.42. The van der Waals surface area contributed by atoms with Gasteiger partial charge in [0, 0.05) is 13.2 Å². The minimum atomic E-state index is -2.59. The molecule has 1 aliphatic rings. The summed E-state index contributed by atoms with van der Waals surface area (Å²) in [5.74, 6) is 0. The van der Waals surface area contributed by atoms with Crippen molar-refractivity contribution in [1.82, 2.24) is 9.78 Å². The van der Waals surface area contributed by atoms with Crippen LogP contribution in [0.15, 0.2) is 6.20 Å². The number of aryl methyl sites for hydroxylation is 1. The minimum Gasteiger partial charge on any atom is -0.322 e. The summed E-state index contributed by atoms with van der Waals surface area (Å²) < 4.78 is 35.9. The molecule has 0 N–H and O–H groups in total. The second-order valence-corrected chi connectivity index (χ2v) is 2.73. The van der Waals surface area contributed by atoms with Gasteiger partial charge in [0.2, 0.25) is 0 Å². The Bertz CT molecular complexity index is 309. The van der Waals surface area contributed by atoms with Gasteiger partial charge in [-0.15, -0.1) is 0 Å². The molecule has 1 saturated heterocycles. The summed E-state index contributed by atoms with van der Waals surface area (Å²) in [4.78, 5) is 0. The molecule has 2 rings (SSSR count). The van der Waals surface area contributed by atoms with E-state index in [0.29, 0.717) is 5.56 Å². The summed E-state index contributed by atoms with van der Waals surface area (Å²) >= 11 is 0. The molecule has 72 valence electrons. The van der Waals surface area contributed by atoms with Crippen LogP contribution >= 0.6 is 0 Å². The monoisotopic (exact) mass is 190 g/mol. The van der Waals surface area contributed by atoms with Crippen molar-refractivity contribution in [2.75, 3.05) is 6.79 Å². The molecule has 0 saturated carbocycles. The molecule has 4 nitrogen and oxygen atoms in total. The van der Waals surface area contributed by atoms with Gasteiger partial charge in [0.05, 0.1) is 5.56 Å². The standard InChI is InChI=1S/C7H8F2N2O2/c1-11-2-4(7-12-3-13-7)5(10-11)6(8)9/h2,6-7H,3H2,1H3. The van der Waals surface area contributed by atoms with Crippen LogP contribution in [0.3, 0.4) is 0 Å². The van der Waals surface area contributed by atoms with Gasteiger partial charge in [-0.25, -0.2) is 8.78 Å². The lowest BCUT2D eigenvalue weighted by Crippen LogP contribution is -2.22. The maximum absolute atomic E-state index is 12.4. The summed E-state index contributed by atoms with van der Waals surface area (Å²) in [6.45, 7) is 0.155. The molecule has 1 aromatic heterocycles. The van der Waals surface area contributed by atoms with E-state index in [-0.39, 0.29) is 12.5 Å². The molecule has 0 radical (unpaired) electrons. The van der Waals surface area contributed by atoms with E-state index in [1.807, 2.05) is 0 Å². The number of halogens is 2. The van der Waals surface area contributed by atoms with Crippen LogP contribution < -0.4 is 0 Å². The molecule has 13 heavy (non-hydrogen) atoms. The van der Waals surface area contributed by atoms with Gasteiger partial charge >= 0.3 is 0 Å². The fraction of sp³-hybridized carbons (Fsp3) is 0.571. The van der Waals surface area contributed by atoms with Crippen molar-refractivity contribution in [3.05, 3.63) is 17.5 Å². The molecular weight excluding hydrogens is 182 g/mol. The molecule has 0 amide bonds. The van der Waals surface area contributed by atoms with E-state index in [2.05, 4.69) is 5.10 Å². The van der Waals surface area contributed by atoms with Crippen LogP contribution in [0, 0.1) is 0 Å². The van der Waals surface area contributed by atoms with Crippen molar-refractivity contribution in [3.63, 3.8) is 0 Å². The maximum atomic E-state index is 12.4. The Morgan fingerprint density at radius 3 is 2.77 bits per heavy atom. The first-order chi connectivity index (χ1) is 6.18. The summed E-state index contributed by atoms with van der Waals surface area (Å²) in [5, 5.41) is 3.62. The van der Waals surface area contributed by atoms with E-state index in [1.165, 1.54) is 10.9 Å². The molecule has 0 unspecified atom stereocenters. The number of alkyl halides is 2. The van der Waals surface area contributed by atoms with Crippen LogP contribution in [-0.2, 0) is 16.5 Å². The van der Waals surface area contributed by atoms with Crippen LogP contribution in [-0.4, -0.2) is 16.6 Å². The first-order valence-electron chi connectivity index (χ1n) is 3.73. The van der Waals surface area contributed by atoms with Crippen LogP contribution in [0.1, 0.15) is 24.0 Å². The molecule has 2 heterocycles. The molecule has 1 aliphatic heterocycles. The van der Waals surface area contributed by atoms with Crippen LogP contribution in [0.25, 0.3) is 0 Å². The van der Waals surface area contributed by atoms with E-state index >= 15 is 0 Å². The first-order valence-corrected chi connectivity index (χ1v) is 3.73. The largest absolute Gasteiger partial charge is 0.322 e. The number of ether oxygens (including phenoxy) is 2. The lowest BCUT2D eigenvalue weighted by atomic mass is 10.2. The minimum absolute atomic E-state index is 0.155. The van der Waals surface area contributed by atoms with Gasteiger partial charge in [0.1, 0.15) is 5.69 Å². The number of hydrogen-bond acceptors (Lipinski definition) is 3. The Balaban J connectivity index is 2.31. The van der Waals surface area contributed by atoms with E-state index in [0.717, 1.165) is 0 Å². The van der Waals surface area contributed by atoms with E-state index in [1.54, 1.807) is 7.05 Å². The maximum Gasteiger partial charge on any atom is 0.282 e. The lowest BCUT2D eigenvalue weighted by molar-refractivity contribution is -0.327. The number of aromatic nitrogens is 2. The molecule has 1 fully saturated rings. The lowest BCUT2D eigenvalue weighted by Gasteiger charge is -2.26. The Kier molecular flexibility index (Phi) is 2.01. The average Bonchev–Trinajstić information content (AvgIpc) is 2.27. The van der Waals surface area contributed by atoms with Gasteiger partial charge in [-0.3, -0.25) is 4.68 Å². The number of rotatable bonds is 2. The summed E-state index contributed by atoms with van der Waals surface area (Å²) in [7, 11) is 1.58. The van der Waals surface area contributed by atoms with E-state index in [9.17, 15) is 8.78 Å². The third-order valence-corrected chi connectivity index (χ3v) is 1.79. The van der Waals surface area contributed by atoms with Crippen molar-refractivity contribution in [3.8, 4) is 0 Å². The quantitative estimate of drug-likeness (QED) is 0.706. The summed E-state index contributed by atoms with van der Waals surface area (Å²) in [6.07, 6.45) is -1.78. The molecule has 0 spiro atoms. The first kappa shape index (κ1) is 8.58. The molecule has 0 atom stereocenters. The normalized spacial score (nSPS) is 17.8. The van der Waals surface area contributed by atoms with Crippen molar-refractivity contribution >= 4 is 0 Å². The Morgan fingerprint density at radius 1 is 1.62 bits per heavy atom. The van der Waals surface area contributed by atoms with Gasteiger partial charge in [0.15, 0.2) is 13.1 Å². The molecule has 1 aromatic rings. The second kappa shape index (κ2) is 3.04. The SMILES string of the molecule is Cn1cc(C2OCO2)c(C(F)F)n1. The topological polar surface area (TPSA) is 36.3 Å². The van der Waals surface area contributed by atoms with E-state index in [4.69, 9.17) is 9.47 Å². The van der Waals surface area contributed by atoms with Crippen LogP contribution in [0.2, 0.25) is 0 Å². The highest BCUT2D eigenvalue weighted by Gasteiger charge is 2.29. The highest BCUT2D eigenvalue weighted by molar-refractivity contribution is 5.20. The molecular formula is C7H8F2N2O2. The van der Waals surface area contributed by atoms with Crippen LogP contribution in [0.4, 0.5) is 8.78 Å². The molecule has 6 heteroatoms. The van der Waals surface area contributed by atoms with Gasteiger partial charge < -0.3 is 9.47 Å². The molecule has 0 aromatic carbocycles. The zero-order valence-electron chi connectivity index (χ0n) is 6.91. The van der Waals surface area contributed by atoms with Gasteiger partial charge in [0.25, 0.3) is 6.43 Å². The average molecular weight is 190 g/mol. The van der Waals surface area contributed by atoms with E-state index < -0.39 is 12.7 Å². The van der Waals surface area contributed by atoms with Gasteiger partial charge in [-0.2, -0.15) is 5.10 Å². The fourth-order valence-corrected chi connectivity index (χ4v) is 1.19. The van der Waals surface area contributed by atoms with Crippen molar-refractivity contribution in [2.24, 2.45) is 7.05 Å². The van der Waals surface area contributed by atoms with Gasteiger partial charge in [-0.1, -0.05) is 0 Å². The predicted molar refractivity (Wildman–Crippen MR) is 37.9 cm³/mol. The highest BCUT2D eigenvalue weighted by atomic mass is 19.3. The molecule has 0 aliphatic carbocycles. The second-order valence-electron chi connectivity index (χ2n) is 2.73. The smallest absolute Gasteiger partial charge is 0.282 e. The number of nitrogens with zero attached hydrogens (tertiary/aromatic N) is 2. The van der Waals surface area contributed by atoms with Crippen molar-refractivity contribution < 1.29 is 18.3 Å². The van der Waals surface area contributed by atoms with Crippen molar-refractivity contribution in [1.29, 1.82) is 0 Å². The van der Waals surface area contributed by atoms with Crippen molar-refractivity contribution in [2.45, 2.75) is 12.7 Å². The fourth-order valence-electron chi connectivity index (χ4n) is 1.19. The molecule has 0 bridgehead atoms. The third kappa shape index (κ3) is 1.42. The van der Waals surface area contributed by atoms with Crippen LogP contribution in [0.5, 0.6) is 0 Å². The Labute approximate surface area is 73.1 Å². The predicted octanol–water partition coefficient (Wildman–Crippen LogP) is 1.36. The highest BCUT2D eigenvalue weighted by Crippen LogP contribution is 2.32. The third-order valence-electron chi connectivity index (χ3n) is 1.79. The summed E-state index contributed by atoms with van der Waals surface area (Å²) in [6, 6.07) is 0. The zero-order valence-corrected chi connectivity index (χ0v) is 6.91. The Morgan fingerprint density at radius 2 is 2.31 bits per heavy atom. The summed E-state index contributed by atoms with van der Waals surface area (Å²) in [5.41, 5.74) is 0.0379. The van der Waals surface area contributed by atoms with Gasteiger partial charge in [-0.05, 0) is 0 Å².